The summed E-state index contributed by atoms with van der Waals surface area (Å²) >= 11 is 0. The average Bonchev–Trinajstić information content (AvgIpc) is 2.67. The standard InChI is InChI=1S/C22H24N2O2/c1-16(17-7-3-2-4-8-17)13-14-23-21(25)12-11-19-15-18-9-5-6-10-20(18)24-22(19)26/h2-10,15-16H,11-14H2,1H3,(H,23,25)(H,24,26). The highest BCUT2D eigenvalue weighted by Crippen LogP contribution is 2.17. The first-order valence-corrected chi connectivity index (χ1v) is 9.06. The second kappa shape index (κ2) is 8.48. The first kappa shape index (κ1) is 17.9. The summed E-state index contributed by atoms with van der Waals surface area (Å²) in [6.07, 6.45) is 1.66. The SMILES string of the molecule is CC(CCNC(=O)CCc1cc2ccccc2[nH]c1=O)c1ccccc1. The lowest BCUT2D eigenvalue weighted by molar-refractivity contribution is -0.121. The number of hydrogen-bond donors (Lipinski definition) is 2. The largest absolute Gasteiger partial charge is 0.356 e. The minimum absolute atomic E-state index is 0.0159. The van der Waals surface area contributed by atoms with Gasteiger partial charge in [-0.05, 0) is 41.8 Å². The van der Waals surface area contributed by atoms with Crippen LogP contribution in [0.5, 0.6) is 0 Å². The fourth-order valence-electron chi connectivity index (χ4n) is 3.09. The fourth-order valence-corrected chi connectivity index (χ4v) is 3.09. The molecule has 2 aromatic carbocycles. The number of fused-ring (bicyclic) bond motifs is 1. The Morgan fingerprint density at radius 3 is 2.62 bits per heavy atom. The van der Waals surface area contributed by atoms with Gasteiger partial charge in [0.05, 0.1) is 0 Å². The molecule has 4 heteroatoms. The van der Waals surface area contributed by atoms with Crippen LogP contribution in [0.4, 0.5) is 0 Å². The Hall–Kier alpha value is -2.88. The summed E-state index contributed by atoms with van der Waals surface area (Å²) in [5, 5.41) is 3.94. The number of carbonyl (C=O) groups is 1. The third-order valence-electron chi connectivity index (χ3n) is 4.72. The topological polar surface area (TPSA) is 62.0 Å². The molecule has 2 N–H and O–H groups in total. The maximum Gasteiger partial charge on any atom is 0.251 e. The lowest BCUT2D eigenvalue weighted by Gasteiger charge is -2.12. The van der Waals surface area contributed by atoms with Gasteiger partial charge in [0.2, 0.25) is 5.91 Å². The van der Waals surface area contributed by atoms with Crippen LogP contribution in [0.1, 0.15) is 36.8 Å². The highest BCUT2D eigenvalue weighted by atomic mass is 16.1. The molecule has 0 saturated carbocycles. The van der Waals surface area contributed by atoms with Crippen molar-refractivity contribution < 1.29 is 4.79 Å². The second-order valence-electron chi connectivity index (χ2n) is 6.66. The summed E-state index contributed by atoms with van der Waals surface area (Å²) in [5.41, 5.74) is 2.63. The van der Waals surface area contributed by atoms with Crippen LogP contribution in [0.3, 0.4) is 0 Å². The van der Waals surface area contributed by atoms with Crippen LogP contribution in [-0.4, -0.2) is 17.4 Å². The number of aromatic nitrogens is 1. The third kappa shape index (κ3) is 4.60. The van der Waals surface area contributed by atoms with Crippen molar-refractivity contribution in [1.82, 2.24) is 10.3 Å². The molecule has 0 radical (unpaired) electrons. The van der Waals surface area contributed by atoms with Crippen LogP contribution in [0.15, 0.2) is 65.5 Å². The smallest absolute Gasteiger partial charge is 0.251 e. The van der Waals surface area contributed by atoms with E-state index in [4.69, 9.17) is 0 Å². The first-order valence-electron chi connectivity index (χ1n) is 9.06. The summed E-state index contributed by atoms with van der Waals surface area (Å²) in [5.74, 6) is 0.387. The van der Waals surface area contributed by atoms with Crippen molar-refractivity contribution in [2.45, 2.75) is 32.1 Å². The predicted molar refractivity (Wildman–Crippen MR) is 105 cm³/mol. The van der Waals surface area contributed by atoms with Gasteiger partial charge in [-0.25, -0.2) is 0 Å². The van der Waals surface area contributed by atoms with E-state index in [0.29, 0.717) is 30.9 Å². The number of benzene rings is 2. The molecule has 3 aromatic rings. The first-order chi connectivity index (χ1) is 12.6. The van der Waals surface area contributed by atoms with E-state index in [-0.39, 0.29) is 11.5 Å². The van der Waals surface area contributed by atoms with Crippen molar-refractivity contribution in [3.63, 3.8) is 0 Å². The zero-order valence-electron chi connectivity index (χ0n) is 15.0. The molecule has 0 saturated heterocycles. The van der Waals surface area contributed by atoms with Gasteiger partial charge in [0.1, 0.15) is 0 Å². The lowest BCUT2D eigenvalue weighted by atomic mass is 9.98. The molecule has 134 valence electrons. The molecule has 1 unspecified atom stereocenters. The van der Waals surface area contributed by atoms with Crippen LogP contribution in [0.2, 0.25) is 0 Å². The molecule has 26 heavy (non-hydrogen) atoms. The summed E-state index contributed by atoms with van der Waals surface area (Å²) in [6, 6.07) is 19.8. The number of aromatic amines is 1. The summed E-state index contributed by atoms with van der Waals surface area (Å²) < 4.78 is 0. The Bertz CT molecular complexity index is 932. The molecule has 4 nitrogen and oxygen atoms in total. The number of H-pyrrole nitrogens is 1. The second-order valence-corrected chi connectivity index (χ2v) is 6.66. The fraction of sp³-hybridized carbons (Fsp3) is 0.273. The van der Waals surface area contributed by atoms with E-state index in [1.165, 1.54) is 5.56 Å². The van der Waals surface area contributed by atoms with E-state index in [1.54, 1.807) is 0 Å². The molecule has 1 atom stereocenters. The van der Waals surface area contributed by atoms with Gasteiger partial charge in [-0.15, -0.1) is 0 Å². The van der Waals surface area contributed by atoms with Gasteiger partial charge in [0, 0.05) is 24.0 Å². The van der Waals surface area contributed by atoms with Crippen molar-refractivity contribution in [2.24, 2.45) is 0 Å². The Kier molecular flexibility index (Phi) is 5.84. The molecular formula is C22H24N2O2. The van der Waals surface area contributed by atoms with Gasteiger partial charge >= 0.3 is 0 Å². The van der Waals surface area contributed by atoms with Gasteiger partial charge < -0.3 is 10.3 Å². The van der Waals surface area contributed by atoms with Crippen molar-refractivity contribution >= 4 is 16.8 Å². The predicted octanol–water partition coefficient (Wildman–Crippen LogP) is 3.77. The van der Waals surface area contributed by atoms with Crippen molar-refractivity contribution in [2.75, 3.05) is 6.54 Å². The average molecular weight is 348 g/mol. The number of nitrogens with one attached hydrogen (secondary N) is 2. The number of carbonyl (C=O) groups excluding carboxylic acids is 1. The van der Waals surface area contributed by atoms with Gasteiger partial charge in [0.25, 0.3) is 5.56 Å². The molecule has 1 amide bonds. The molecule has 0 bridgehead atoms. The number of amides is 1. The summed E-state index contributed by atoms with van der Waals surface area (Å²) in [6.45, 7) is 2.80. The minimum atomic E-state index is -0.116. The van der Waals surface area contributed by atoms with Crippen LogP contribution in [0, 0.1) is 0 Å². The highest BCUT2D eigenvalue weighted by molar-refractivity contribution is 5.79. The van der Waals surface area contributed by atoms with E-state index in [0.717, 1.165) is 17.3 Å². The quantitative estimate of drug-likeness (QED) is 0.683. The van der Waals surface area contributed by atoms with Crippen molar-refractivity contribution in [3.05, 3.63) is 82.1 Å². The van der Waals surface area contributed by atoms with Crippen LogP contribution < -0.4 is 10.9 Å². The zero-order chi connectivity index (χ0) is 18.4. The van der Waals surface area contributed by atoms with Crippen LogP contribution >= 0.6 is 0 Å². The molecule has 1 heterocycles. The normalized spacial score (nSPS) is 12.0. The maximum absolute atomic E-state index is 12.1. The number of hydrogen-bond acceptors (Lipinski definition) is 2. The number of pyridine rings is 1. The van der Waals surface area contributed by atoms with E-state index in [1.807, 2.05) is 48.5 Å². The summed E-state index contributed by atoms with van der Waals surface area (Å²) in [4.78, 5) is 27.1. The molecule has 1 aromatic heterocycles. The van der Waals surface area contributed by atoms with Crippen LogP contribution in [-0.2, 0) is 11.2 Å². The number of aryl methyl sites for hydroxylation is 1. The molecule has 3 rings (SSSR count). The van der Waals surface area contributed by atoms with Gasteiger partial charge in [0.15, 0.2) is 0 Å². The van der Waals surface area contributed by atoms with Gasteiger partial charge in [-0.2, -0.15) is 0 Å². The van der Waals surface area contributed by atoms with Gasteiger partial charge in [-0.1, -0.05) is 55.5 Å². The van der Waals surface area contributed by atoms with E-state index >= 15 is 0 Å². The maximum atomic E-state index is 12.1. The van der Waals surface area contributed by atoms with Crippen LogP contribution in [0.25, 0.3) is 10.9 Å². The van der Waals surface area contributed by atoms with E-state index < -0.39 is 0 Å². The Morgan fingerprint density at radius 1 is 1.08 bits per heavy atom. The minimum Gasteiger partial charge on any atom is -0.356 e. The van der Waals surface area contributed by atoms with Crippen molar-refractivity contribution in [3.8, 4) is 0 Å². The van der Waals surface area contributed by atoms with E-state index in [9.17, 15) is 9.59 Å². The molecule has 0 aliphatic carbocycles. The molecular weight excluding hydrogens is 324 g/mol. The summed E-state index contributed by atoms with van der Waals surface area (Å²) in [7, 11) is 0. The Balaban J connectivity index is 1.48. The monoisotopic (exact) mass is 348 g/mol. The van der Waals surface area contributed by atoms with Crippen molar-refractivity contribution in [1.29, 1.82) is 0 Å². The number of rotatable bonds is 7. The highest BCUT2D eigenvalue weighted by Gasteiger charge is 2.08. The lowest BCUT2D eigenvalue weighted by Crippen LogP contribution is -2.26. The Labute approximate surface area is 153 Å². The molecule has 0 aliphatic heterocycles. The number of para-hydroxylation sites is 1. The molecule has 0 fully saturated rings. The molecule has 0 aliphatic rings. The van der Waals surface area contributed by atoms with Gasteiger partial charge in [-0.3, -0.25) is 9.59 Å². The molecule has 0 spiro atoms. The Morgan fingerprint density at radius 2 is 1.81 bits per heavy atom. The third-order valence-corrected chi connectivity index (χ3v) is 4.72. The van der Waals surface area contributed by atoms with E-state index in [2.05, 4.69) is 29.4 Å². The zero-order valence-corrected chi connectivity index (χ0v) is 15.0.